The molecule has 3 nitrogen and oxygen atoms in total. The van der Waals surface area contributed by atoms with E-state index in [4.69, 9.17) is 14.5 Å². The second kappa shape index (κ2) is 5.60. The third kappa shape index (κ3) is 2.46. The number of benzene rings is 2. The van der Waals surface area contributed by atoms with Gasteiger partial charge in [0, 0.05) is 22.2 Å². The smallest absolute Gasteiger partial charge is 0.224 e. The summed E-state index contributed by atoms with van der Waals surface area (Å²) in [5, 5.41) is 1.16. The lowest BCUT2D eigenvalue weighted by Crippen LogP contribution is -2.04. The van der Waals surface area contributed by atoms with E-state index in [1.165, 1.54) is 16.0 Å². The monoisotopic (exact) mass is 345 g/mol. The molecule has 25 heavy (non-hydrogen) atoms. The van der Waals surface area contributed by atoms with Gasteiger partial charge in [-0.3, -0.25) is 0 Å². The summed E-state index contributed by atoms with van der Waals surface area (Å²) >= 11 is 1.69. The summed E-state index contributed by atoms with van der Waals surface area (Å²) in [5.41, 5.74) is 3.53. The quantitative estimate of drug-likeness (QED) is 0.413. The second-order valence-electron chi connectivity index (χ2n) is 6.07. The predicted molar refractivity (Wildman–Crippen MR) is 101 cm³/mol. The average molecular weight is 345 g/mol. The van der Waals surface area contributed by atoms with Crippen molar-refractivity contribution in [3.05, 3.63) is 71.8 Å². The normalized spacial score (nSPS) is 12.4. The molecule has 0 saturated heterocycles. The van der Waals surface area contributed by atoms with E-state index >= 15 is 0 Å². The number of para-hydroxylation sites is 1. The first-order chi connectivity index (χ1) is 12.3. The third-order valence-corrected chi connectivity index (χ3v) is 5.58. The van der Waals surface area contributed by atoms with Crippen LogP contribution in [0.25, 0.3) is 20.7 Å². The number of rotatable bonds is 2. The molecule has 1 aliphatic rings. The molecule has 1 aliphatic heterocycles. The highest BCUT2D eigenvalue weighted by Gasteiger charge is 2.19. The molecule has 0 saturated carbocycles. The van der Waals surface area contributed by atoms with E-state index in [2.05, 4.69) is 30.3 Å². The van der Waals surface area contributed by atoms with Gasteiger partial charge >= 0.3 is 0 Å². The van der Waals surface area contributed by atoms with Crippen molar-refractivity contribution in [2.75, 3.05) is 7.11 Å². The Morgan fingerprint density at radius 2 is 1.84 bits per heavy atom. The van der Waals surface area contributed by atoms with Crippen LogP contribution in [0.1, 0.15) is 11.1 Å². The first-order valence-corrected chi connectivity index (χ1v) is 8.95. The molecule has 5 rings (SSSR count). The molecule has 0 spiro atoms. The van der Waals surface area contributed by atoms with Crippen LogP contribution in [-0.4, -0.2) is 12.1 Å². The molecule has 0 atom stereocenters. The number of ether oxygens (including phenoxy) is 2. The molecule has 3 heterocycles. The molecular formula is C21H15NO2S. The van der Waals surface area contributed by atoms with Crippen LogP contribution < -0.4 is 9.47 Å². The van der Waals surface area contributed by atoms with E-state index in [1.54, 1.807) is 18.4 Å². The van der Waals surface area contributed by atoms with Crippen LogP contribution in [0.4, 0.5) is 0 Å². The number of methoxy groups -OCH3 is 1. The molecule has 2 aromatic heterocycles. The lowest BCUT2D eigenvalue weighted by atomic mass is 10.0. The summed E-state index contributed by atoms with van der Waals surface area (Å²) in [6.07, 6.45) is 0.863. The first kappa shape index (κ1) is 14.5. The Kier molecular flexibility index (Phi) is 3.25. The van der Waals surface area contributed by atoms with Gasteiger partial charge in [-0.15, -0.1) is 11.3 Å². The highest BCUT2D eigenvalue weighted by Crippen LogP contribution is 2.40. The molecule has 0 unspecified atom stereocenters. The fourth-order valence-corrected chi connectivity index (χ4v) is 4.18. The molecule has 0 radical (unpaired) electrons. The zero-order valence-corrected chi connectivity index (χ0v) is 14.5. The zero-order valence-electron chi connectivity index (χ0n) is 13.7. The molecule has 4 heteroatoms. The predicted octanol–water partition coefficient (Wildman–Crippen LogP) is 5.67. The lowest BCUT2D eigenvalue weighted by Gasteiger charge is -2.18. The van der Waals surface area contributed by atoms with Gasteiger partial charge in [-0.05, 0) is 53.6 Å². The van der Waals surface area contributed by atoms with Crippen LogP contribution in [0.15, 0.2) is 60.7 Å². The van der Waals surface area contributed by atoms with Crippen molar-refractivity contribution in [2.45, 2.75) is 6.42 Å². The number of fused-ring (bicyclic) bond motifs is 3. The summed E-state index contributed by atoms with van der Waals surface area (Å²) < 4.78 is 11.2. The minimum absolute atomic E-state index is 0.731. The number of nitrogens with zero attached hydrogens (tertiary/aromatic N) is 1. The fraction of sp³-hybridized carbons (Fsp3) is 0.0952. The maximum absolute atomic E-state index is 6.01. The van der Waals surface area contributed by atoms with Crippen molar-refractivity contribution in [3.8, 4) is 27.8 Å². The summed E-state index contributed by atoms with van der Waals surface area (Å²) in [7, 11) is 1.68. The Morgan fingerprint density at radius 1 is 1.00 bits per heavy atom. The van der Waals surface area contributed by atoms with Crippen molar-refractivity contribution in [1.29, 1.82) is 0 Å². The molecule has 4 aromatic rings. The van der Waals surface area contributed by atoms with E-state index in [9.17, 15) is 0 Å². The molecular weight excluding hydrogens is 330 g/mol. The Bertz CT molecular complexity index is 1020. The van der Waals surface area contributed by atoms with Crippen molar-refractivity contribution in [2.24, 2.45) is 0 Å². The number of aromatic nitrogens is 1. The molecule has 122 valence electrons. The second-order valence-corrected chi connectivity index (χ2v) is 7.10. The van der Waals surface area contributed by atoms with Gasteiger partial charge in [0.05, 0.1) is 7.11 Å². The SMILES string of the molecule is COc1ccc(-c2cc3cc4c(nc3s2)Oc2ccccc2C4)cc1. The van der Waals surface area contributed by atoms with Gasteiger partial charge < -0.3 is 9.47 Å². The Morgan fingerprint density at radius 3 is 2.68 bits per heavy atom. The molecule has 0 N–H and O–H groups in total. The summed E-state index contributed by atoms with van der Waals surface area (Å²) in [6.45, 7) is 0. The van der Waals surface area contributed by atoms with Gasteiger partial charge in [-0.25, -0.2) is 4.98 Å². The van der Waals surface area contributed by atoms with Crippen LogP contribution in [0, 0.1) is 0 Å². The first-order valence-electron chi connectivity index (χ1n) is 8.14. The molecule has 0 fully saturated rings. The number of hydrogen-bond donors (Lipinski definition) is 0. The standard InChI is InChI=1S/C21H15NO2S/c1-23-17-8-6-13(7-9-17)19-12-16-11-15-10-14-4-2-3-5-18(14)24-20(15)22-21(16)25-19/h2-9,11-12H,10H2,1H3. The molecule has 2 aromatic carbocycles. The number of hydrogen-bond acceptors (Lipinski definition) is 4. The maximum Gasteiger partial charge on any atom is 0.224 e. The van der Waals surface area contributed by atoms with Crippen LogP contribution >= 0.6 is 11.3 Å². The zero-order chi connectivity index (χ0) is 16.8. The fourth-order valence-electron chi connectivity index (χ4n) is 3.17. The third-order valence-electron chi connectivity index (χ3n) is 4.48. The van der Waals surface area contributed by atoms with E-state index in [0.29, 0.717) is 0 Å². The van der Waals surface area contributed by atoms with Crippen LogP contribution in [-0.2, 0) is 6.42 Å². The van der Waals surface area contributed by atoms with Crippen molar-refractivity contribution in [3.63, 3.8) is 0 Å². The summed E-state index contributed by atoms with van der Waals surface area (Å²) in [4.78, 5) is 6.97. The molecule has 0 amide bonds. The van der Waals surface area contributed by atoms with Crippen LogP contribution in [0.5, 0.6) is 17.4 Å². The number of pyridine rings is 1. The highest BCUT2D eigenvalue weighted by atomic mass is 32.1. The Balaban J connectivity index is 1.57. The Labute approximate surface area is 149 Å². The van der Waals surface area contributed by atoms with E-state index < -0.39 is 0 Å². The minimum Gasteiger partial charge on any atom is -0.497 e. The lowest BCUT2D eigenvalue weighted by molar-refractivity contribution is 0.415. The summed E-state index contributed by atoms with van der Waals surface area (Å²) in [5.74, 6) is 2.51. The van der Waals surface area contributed by atoms with E-state index in [0.717, 1.165) is 39.6 Å². The maximum atomic E-state index is 6.01. The Hall–Kier alpha value is -2.85. The highest BCUT2D eigenvalue weighted by molar-refractivity contribution is 7.21. The van der Waals surface area contributed by atoms with Gasteiger partial charge in [0.15, 0.2) is 0 Å². The van der Waals surface area contributed by atoms with Crippen molar-refractivity contribution >= 4 is 21.6 Å². The van der Waals surface area contributed by atoms with Gasteiger partial charge in [0.1, 0.15) is 16.3 Å². The van der Waals surface area contributed by atoms with Crippen molar-refractivity contribution < 1.29 is 9.47 Å². The van der Waals surface area contributed by atoms with Gasteiger partial charge in [-0.2, -0.15) is 0 Å². The van der Waals surface area contributed by atoms with Crippen molar-refractivity contribution in [1.82, 2.24) is 4.98 Å². The van der Waals surface area contributed by atoms with E-state index in [-0.39, 0.29) is 0 Å². The minimum atomic E-state index is 0.731. The van der Waals surface area contributed by atoms with Gasteiger partial charge in [-0.1, -0.05) is 18.2 Å². The van der Waals surface area contributed by atoms with E-state index in [1.807, 2.05) is 30.3 Å². The average Bonchev–Trinajstić information content (AvgIpc) is 3.07. The number of thiophene rings is 1. The van der Waals surface area contributed by atoms with Gasteiger partial charge in [0.25, 0.3) is 0 Å². The topological polar surface area (TPSA) is 31.4 Å². The molecule has 0 aliphatic carbocycles. The largest absolute Gasteiger partial charge is 0.497 e. The molecule has 0 bridgehead atoms. The van der Waals surface area contributed by atoms with Crippen LogP contribution in [0.2, 0.25) is 0 Å². The summed E-state index contributed by atoms with van der Waals surface area (Å²) in [6, 6.07) is 20.7. The van der Waals surface area contributed by atoms with Gasteiger partial charge in [0.2, 0.25) is 5.88 Å². The van der Waals surface area contributed by atoms with Crippen LogP contribution in [0.3, 0.4) is 0 Å².